The molecule has 0 aliphatic carbocycles. The molecular formula is C22H23F2N3O4S2. The van der Waals surface area contributed by atoms with Gasteiger partial charge in [0.1, 0.15) is 5.75 Å². The summed E-state index contributed by atoms with van der Waals surface area (Å²) in [7, 11) is -0.731. The first kappa shape index (κ1) is 24.7. The van der Waals surface area contributed by atoms with E-state index in [1.165, 1.54) is 48.0 Å². The smallest absolute Gasteiger partial charge is 0.242 e. The molecule has 3 aromatic rings. The molecule has 176 valence electrons. The number of amides is 1. The maximum absolute atomic E-state index is 13.5. The van der Waals surface area contributed by atoms with Gasteiger partial charge in [0, 0.05) is 30.5 Å². The normalized spacial score (nSPS) is 11.6. The summed E-state index contributed by atoms with van der Waals surface area (Å²) in [6, 6.07) is 9.57. The van der Waals surface area contributed by atoms with Gasteiger partial charge in [0.2, 0.25) is 15.9 Å². The summed E-state index contributed by atoms with van der Waals surface area (Å²) in [6.07, 6.45) is 0.389. The zero-order chi connectivity index (χ0) is 24.2. The van der Waals surface area contributed by atoms with Crippen molar-refractivity contribution in [3.63, 3.8) is 0 Å². The number of anilines is 1. The number of nitrogens with zero attached hydrogens (tertiary/aromatic N) is 2. The molecule has 1 aromatic heterocycles. The molecule has 0 saturated heterocycles. The third kappa shape index (κ3) is 5.92. The molecule has 3 rings (SSSR count). The molecule has 0 aliphatic rings. The number of aryl methyl sites for hydroxylation is 1. The van der Waals surface area contributed by atoms with Gasteiger partial charge in [-0.15, -0.1) is 11.3 Å². The predicted molar refractivity (Wildman–Crippen MR) is 123 cm³/mol. The van der Waals surface area contributed by atoms with E-state index in [0.29, 0.717) is 28.6 Å². The topological polar surface area (TPSA) is 88.6 Å². The summed E-state index contributed by atoms with van der Waals surface area (Å²) in [4.78, 5) is 17.5. The van der Waals surface area contributed by atoms with E-state index >= 15 is 0 Å². The van der Waals surface area contributed by atoms with Crippen molar-refractivity contribution in [3.05, 3.63) is 59.0 Å². The maximum Gasteiger partial charge on any atom is 0.242 e. The Hall–Kier alpha value is -2.89. The predicted octanol–water partition coefficient (Wildman–Crippen LogP) is 4.44. The fraction of sp³-hybridized carbons (Fsp3) is 0.273. The number of sulfonamides is 1. The Labute approximate surface area is 195 Å². The molecular weight excluding hydrogens is 472 g/mol. The molecule has 1 N–H and O–H groups in total. The Morgan fingerprint density at radius 2 is 1.85 bits per heavy atom. The number of halogens is 2. The van der Waals surface area contributed by atoms with Gasteiger partial charge < -0.3 is 10.1 Å². The summed E-state index contributed by atoms with van der Waals surface area (Å²) < 4.78 is 58.2. The van der Waals surface area contributed by atoms with Gasteiger partial charge in [0.25, 0.3) is 0 Å². The highest BCUT2D eigenvalue weighted by atomic mass is 32.2. The van der Waals surface area contributed by atoms with E-state index in [4.69, 9.17) is 4.74 Å². The minimum Gasteiger partial charge on any atom is -0.497 e. The van der Waals surface area contributed by atoms with Gasteiger partial charge in [-0.05, 0) is 55.8 Å². The number of carbonyl (C=O) groups is 1. The minimum absolute atomic E-state index is 0.0849. The standard InChI is InChI=1S/C22H23F2N3O4S2/c1-14-21(15-6-11-18(23)19(24)13-15)26-22(32-14)25-20(28)5-4-12-27(2)33(29,30)17-9-7-16(31-3)8-10-17/h6-11,13H,4-5,12H2,1-3H3,(H,25,26,28). The van der Waals surface area contributed by atoms with E-state index in [9.17, 15) is 22.0 Å². The first-order chi connectivity index (χ1) is 15.6. The third-order valence-corrected chi connectivity index (χ3v) is 7.64. The molecule has 0 bridgehead atoms. The number of ether oxygens (including phenoxy) is 1. The molecule has 0 saturated carbocycles. The fourth-order valence-corrected chi connectivity index (χ4v) is 5.11. The van der Waals surface area contributed by atoms with E-state index < -0.39 is 21.7 Å². The summed E-state index contributed by atoms with van der Waals surface area (Å²) in [5, 5.41) is 3.00. The summed E-state index contributed by atoms with van der Waals surface area (Å²) in [5.41, 5.74) is 0.869. The zero-order valence-corrected chi connectivity index (χ0v) is 19.9. The summed E-state index contributed by atoms with van der Waals surface area (Å²) >= 11 is 1.22. The van der Waals surface area contributed by atoms with Crippen LogP contribution in [0.3, 0.4) is 0 Å². The van der Waals surface area contributed by atoms with Crippen LogP contribution < -0.4 is 10.1 Å². The molecule has 0 unspecified atom stereocenters. The van der Waals surface area contributed by atoms with Crippen molar-refractivity contribution >= 4 is 32.4 Å². The van der Waals surface area contributed by atoms with Crippen molar-refractivity contribution in [2.24, 2.45) is 0 Å². The number of hydrogen-bond acceptors (Lipinski definition) is 6. The first-order valence-corrected chi connectivity index (χ1v) is 12.2. The highest BCUT2D eigenvalue weighted by Gasteiger charge is 2.21. The van der Waals surface area contributed by atoms with Crippen molar-refractivity contribution in [2.45, 2.75) is 24.7 Å². The van der Waals surface area contributed by atoms with Crippen molar-refractivity contribution < 1.29 is 26.7 Å². The van der Waals surface area contributed by atoms with Crippen LogP contribution in [0.1, 0.15) is 17.7 Å². The van der Waals surface area contributed by atoms with Crippen LogP contribution in [0.15, 0.2) is 47.4 Å². The van der Waals surface area contributed by atoms with Crippen molar-refractivity contribution in [1.82, 2.24) is 9.29 Å². The van der Waals surface area contributed by atoms with Gasteiger partial charge >= 0.3 is 0 Å². The van der Waals surface area contributed by atoms with Gasteiger partial charge in [0.15, 0.2) is 16.8 Å². The number of nitrogens with one attached hydrogen (secondary N) is 1. The van der Waals surface area contributed by atoms with Gasteiger partial charge in [-0.25, -0.2) is 26.5 Å². The number of aromatic nitrogens is 1. The SMILES string of the molecule is COc1ccc(S(=O)(=O)N(C)CCCC(=O)Nc2nc(-c3ccc(F)c(F)c3)c(C)s2)cc1. The van der Waals surface area contributed by atoms with Crippen LogP contribution in [0, 0.1) is 18.6 Å². The van der Waals surface area contributed by atoms with E-state index in [0.717, 1.165) is 17.0 Å². The summed E-state index contributed by atoms with van der Waals surface area (Å²) in [6.45, 7) is 1.92. The van der Waals surface area contributed by atoms with E-state index in [2.05, 4.69) is 10.3 Å². The van der Waals surface area contributed by atoms with Gasteiger partial charge in [-0.3, -0.25) is 4.79 Å². The molecule has 1 heterocycles. The second-order valence-electron chi connectivity index (χ2n) is 7.21. The van der Waals surface area contributed by atoms with Crippen LogP contribution in [0.2, 0.25) is 0 Å². The second kappa shape index (κ2) is 10.4. The average Bonchev–Trinajstić information content (AvgIpc) is 3.15. The lowest BCUT2D eigenvalue weighted by atomic mass is 10.1. The lowest BCUT2D eigenvalue weighted by Gasteiger charge is -2.17. The quantitative estimate of drug-likeness (QED) is 0.474. The van der Waals surface area contributed by atoms with Gasteiger partial charge in [-0.1, -0.05) is 0 Å². The monoisotopic (exact) mass is 495 g/mol. The number of carbonyl (C=O) groups excluding carboxylic acids is 1. The zero-order valence-electron chi connectivity index (χ0n) is 18.3. The van der Waals surface area contributed by atoms with Gasteiger partial charge in [-0.2, -0.15) is 0 Å². The van der Waals surface area contributed by atoms with E-state index in [1.54, 1.807) is 19.1 Å². The van der Waals surface area contributed by atoms with Crippen molar-refractivity contribution in [1.29, 1.82) is 0 Å². The largest absolute Gasteiger partial charge is 0.497 e. The van der Waals surface area contributed by atoms with Crippen LogP contribution in [-0.4, -0.2) is 44.3 Å². The number of benzene rings is 2. The molecule has 0 aliphatic heterocycles. The van der Waals surface area contributed by atoms with Gasteiger partial charge in [0.05, 0.1) is 17.7 Å². The Morgan fingerprint density at radius 3 is 2.48 bits per heavy atom. The van der Waals surface area contributed by atoms with Crippen LogP contribution >= 0.6 is 11.3 Å². The summed E-state index contributed by atoms with van der Waals surface area (Å²) in [5.74, 6) is -1.69. The second-order valence-corrected chi connectivity index (χ2v) is 10.5. The third-order valence-electron chi connectivity index (χ3n) is 4.88. The number of thiazole rings is 1. The first-order valence-electron chi connectivity index (χ1n) is 9.95. The molecule has 33 heavy (non-hydrogen) atoms. The van der Waals surface area contributed by atoms with Crippen LogP contribution in [0.5, 0.6) is 5.75 Å². The molecule has 0 atom stereocenters. The van der Waals surface area contributed by atoms with Crippen molar-refractivity contribution in [2.75, 3.05) is 26.0 Å². The maximum atomic E-state index is 13.5. The Morgan fingerprint density at radius 1 is 1.15 bits per heavy atom. The van der Waals surface area contributed by atoms with Crippen molar-refractivity contribution in [3.8, 4) is 17.0 Å². The van der Waals surface area contributed by atoms with Crippen LogP contribution in [-0.2, 0) is 14.8 Å². The van der Waals surface area contributed by atoms with E-state index in [-0.39, 0.29) is 23.8 Å². The Kier molecular flexibility index (Phi) is 7.77. The Bertz CT molecular complexity index is 1250. The molecule has 7 nitrogen and oxygen atoms in total. The molecule has 2 aromatic carbocycles. The molecule has 1 amide bonds. The van der Waals surface area contributed by atoms with Crippen LogP contribution in [0.25, 0.3) is 11.3 Å². The Balaban J connectivity index is 1.55. The number of hydrogen-bond donors (Lipinski definition) is 1. The minimum atomic E-state index is -3.68. The molecule has 0 spiro atoms. The average molecular weight is 496 g/mol. The highest BCUT2D eigenvalue weighted by Crippen LogP contribution is 2.31. The number of methoxy groups -OCH3 is 1. The number of rotatable bonds is 9. The lowest BCUT2D eigenvalue weighted by molar-refractivity contribution is -0.116. The highest BCUT2D eigenvalue weighted by molar-refractivity contribution is 7.89. The van der Waals surface area contributed by atoms with Crippen LogP contribution in [0.4, 0.5) is 13.9 Å². The lowest BCUT2D eigenvalue weighted by Crippen LogP contribution is -2.28. The fourth-order valence-electron chi connectivity index (χ4n) is 3.05. The molecule has 11 heteroatoms. The van der Waals surface area contributed by atoms with E-state index in [1.807, 2.05) is 0 Å². The molecule has 0 fully saturated rings. The molecule has 0 radical (unpaired) electrons.